The number of rotatable bonds is 9. The molecule has 140 valence electrons. The molecule has 1 aliphatic heterocycles. The Morgan fingerprint density at radius 2 is 2.16 bits per heavy atom. The standard InChI is InChI=1S/C16H26N4O4S/c1-24-13-16(5-9-17-10-6-16)12-19-15(21)4-8-20-25(22,23)14-3-2-7-18-11-14/h2-3,7,11,17,20H,4-6,8-10,12-13H2,1H3,(H,19,21). The van der Waals surface area contributed by atoms with Crippen molar-refractivity contribution in [3.8, 4) is 0 Å². The Labute approximate surface area is 148 Å². The third-order valence-corrected chi connectivity index (χ3v) is 5.81. The maximum absolute atomic E-state index is 12.0. The number of hydrogen-bond donors (Lipinski definition) is 3. The van der Waals surface area contributed by atoms with Gasteiger partial charge in [-0.15, -0.1) is 0 Å². The summed E-state index contributed by atoms with van der Waals surface area (Å²) >= 11 is 0. The molecule has 0 aliphatic carbocycles. The minimum atomic E-state index is -3.63. The molecule has 25 heavy (non-hydrogen) atoms. The SMILES string of the molecule is COCC1(CNC(=O)CCNS(=O)(=O)c2cccnc2)CCNCC1. The first-order chi connectivity index (χ1) is 12.0. The van der Waals surface area contributed by atoms with Gasteiger partial charge in [0, 0.05) is 44.4 Å². The molecule has 1 fully saturated rings. The molecule has 3 N–H and O–H groups in total. The third-order valence-electron chi connectivity index (χ3n) is 4.36. The molecule has 1 aromatic rings. The molecule has 0 atom stereocenters. The number of carbonyl (C=O) groups is 1. The van der Waals surface area contributed by atoms with E-state index in [-0.39, 0.29) is 29.2 Å². The van der Waals surface area contributed by atoms with Crippen molar-refractivity contribution in [3.05, 3.63) is 24.5 Å². The zero-order valence-electron chi connectivity index (χ0n) is 14.5. The van der Waals surface area contributed by atoms with Crippen molar-refractivity contribution < 1.29 is 17.9 Å². The average Bonchev–Trinajstić information content (AvgIpc) is 2.62. The monoisotopic (exact) mass is 370 g/mol. The van der Waals surface area contributed by atoms with Crippen molar-refractivity contribution in [1.82, 2.24) is 20.3 Å². The lowest BCUT2D eigenvalue weighted by Gasteiger charge is -2.37. The summed E-state index contributed by atoms with van der Waals surface area (Å²) in [4.78, 5) is 15.9. The van der Waals surface area contributed by atoms with Gasteiger partial charge in [0.1, 0.15) is 4.90 Å². The molecule has 1 amide bonds. The van der Waals surface area contributed by atoms with Crippen LogP contribution in [-0.2, 0) is 19.6 Å². The summed E-state index contributed by atoms with van der Waals surface area (Å²) in [6.07, 6.45) is 4.74. The number of ether oxygens (including phenoxy) is 1. The van der Waals surface area contributed by atoms with Crippen LogP contribution in [0, 0.1) is 5.41 Å². The van der Waals surface area contributed by atoms with Crippen LogP contribution in [-0.4, -0.2) is 59.2 Å². The van der Waals surface area contributed by atoms with Crippen molar-refractivity contribution in [2.24, 2.45) is 5.41 Å². The minimum Gasteiger partial charge on any atom is -0.384 e. The van der Waals surface area contributed by atoms with E-state index in [1.807, 2.05) is 0 Å². The van der Waals surface area contributed by atoms with E-state index in [2.05, 4.69) is 20.3 Å². The van der Waals surface area contributed by atoms with E-state index >= 15 is 0 Å². The van der Waals surface area contributed by atoms with E-state index in [0.717, 1.165) is 25.9 Å². The number of hydrogen-bond acceptors (Lipinski definition) is 6. The van der Waals surface area contributed by atoms with Crippen molar-refractivity contribution in [1.29, 1.82) is 0 Å². The normalized spacial score (nSPS) is 17.2. The second kappa shape index (κ2) is 9.23. The summed E-state index contributed by atoms with van der Waals surface area (Å²) in [5.74, 6) is -0.178. The topological polar surface area (TPSA) is 109 Å². The molecule has 9 heteroatoms. The lowest BCUT2D eigenvalue weighted by atomic mass is 9.79. The molecule has 0 spiro atoms. The number of methoxy groups -OCH3 is 1. The molecule has 0 radical (unpaired) electrons. The number of carbonyl (C=O) groups excluding carboxylic acids is 1. The number of piperidine rings is 1. The molecule has 8 nitrogen and oxygen atoms in total. The van der Waals surface area contributed by atoms with E-state index in [1.165, 1.54) is 18.5 Å². The van der Waals surface area contributed by atoms with E-state index in [0.29, 0.717) is 13.2 Å². The predicted molar refractivity (Wildman–Crippen MR) is 93.5 cm³/mol. The molecule has 0 saturated carbocycles. The Hall–Kier alpha value is -1.55. The molecule has 0 unspecified atom stereocenters. The van der Waals surface area contributed by atoms with Crippen molar-refractivity contribution in [2.75, 3.05) is 39.9 Å². The maximum atomic E-state index is 12.0. The van der Waals surface area contributed by atoms with Crippen LogP contribution in [0.1, 0.15) is 19.3 Å². The summed E-state index contributed by atoms with van der Waals surface area (Å²) in [5.41, 5.74) is -0.0507. The highest BCUT2D eigenvalue weighted by Gasteiger charge is 2.32. The largest absolute Gasteiger partial charge is 0.384 e. The minimum absolute atomic E-state index is 0.0435. The van der Waals surface area contributed by atoms with Crippen molar-refractivity contribution >= 4 is 15.9 Å². The van der Waals surface area contributed by atoms with Gasteiger partial charge in [0.2, 0.25) is 15.9 Å². The Morgan fingerprint density at radius 3 is 2.80 bits per heavy atom. The zero-order valence-corrected chi connectivity index (χ0v) is 15.3. The second-order valence-electron chi connectivity index (χ2n) is 6.30. The van der Waals surface area contributed by atoms with Crippen LogP contribution in [0.5, 0.6) is 0 Å². The first-order valence-corrected chi connectivity index (χ1v) is 9.82. The van der Waals surface area contributed by atoms with Crippen LogP contribution < -0.4 is 15.4 Å². The third kappa shape index (κ3) is 6.03. The predicted octanol–water partition coefficient (Wildman–Crippen LogP) is -0.118. The summed E-state index contributed by atoms with van der Waals surface area (Å²) in [7, 11) is -1.97. The summed E-state index contributed by atoms with van der Waals surface area (Å²) in [6.45, 7) is 3.00. The zero-order chi connectivity index (χ0) is 18.2. The number of nitrogens with one attached hydrogen (secondary N) is 3. The summed E-state index contributed by atoms with van der Waals surface area (Å²) in [6, 6.07) is 3.01. The van der Waals surface area contributed by atoms with Crippen LogP contribution in [0.15, 0.2) is 29.4 Å². The van der Waals surface area contributed by atoms with Gasteiger partial charge in [-0.2, -0.15) is 0 Å². The highest BCUT2D eigenvalue weighted by molar-refractivity contribution is 7.89. The van der Waals surface area contributed by atoms with Gasteiger partial charge in [0.25, 0.3) is 0 Å². The van der Waals surface area contributed by atoms with E-state index < -0.39 is 10.0 Å². The lowest BCUT2D eigenvalue weighted by Crippen LogP contribution is -2.47. The molecule has 1 aromatic heterocycles. The number of amides is 1. The molecule has 2 rings (SSSR count). The van der Waals surface area contributed by atoms with Crippen molar-refractivity contribution in [2.45, 2.75) is 24.2 Å². The van der Waals surface area contributed by atoms with Gasteiger partial charge in [-0.05, 0) is 38.1 Å². The average molecular weight is 370 g/mol. The van der Waals surface area contributed by atoms with E-state index in [4.69, 9.17) is 4.74 Å². The van der Waals surface area contributed by atoms with Crippen molar-refractivity contribution in [3.63, 3.8) is 0 Å². The van der Waals surface area contributed by atoms with Gasteiger partial charge in [0.15, 0.2) is 0 Å². The first kappa shape index (κ1) is 19.8. The maximum Gasteiger partial charge on any atom is 0.242 e. The molecule has 1 saturated heterocycles. The van der Waals surface area contributed by atoms with Crippen LogP contribution in [0.25, 0.3) is 0 Å². The van der Waals surface area contributed by atoms with Gasteiger partial charge in [-0.1, -0.05) is 0 Å². The molecular weight excluding hydrogens is 344 g/mol. The Morgan fingerprint density at radius 1 is 1.40 bits per heavy atom. The van der Waals surface area contributed by atoms with Crippen LogP contribution >= 0.6 is 0 Å². The first-order valence-electron chi connectivity index (χ1n) is 8.34. The number of aromatic nitrogens is 1. The van der Waals surface area contributed by atoms with Gasteiger partial charge >= 0.3 is 0 Å². The fourth-order valence-corrected chi connectivity index (χ4v) is 3.89. The summed E-state index contributed by atoms with van der Waals surface area (Å²) < 4.78 is 31.8. The molecule has 0 bridgehead atoms. The highest BCUT2D eigenvalue weighted by Crippen LogP contribution is 2.28. The fraction of sp³-hybridized carbons (Fsp3) is 0.625. The number of sulfonamides is 1. The number of nitrogens with zero attached hydrogens (tertiary/aromatic N) is 1. The van der Waals surface area contributed by atoms with Gasteiger partial charge in [0.05, 0.1) is 6.61 Å². The van der Waals surface area contributed by atoms with E-state index in [1.54, 1.807) is 13.2 Å². The molecular formula is C16H26N4O4S. The fourth-order valence-electron chi connectivity index (χ4n) is 2.90. The molecule has 2 heterocycles. The Kier molecular flexibility index (Phi) is 7.30. The van der Waals surface area contributed by atoms with Gasteiger partial charge in [-0.25, -0.2) is 13.1 Å². The Bertz CT molecular complexity index is 640. The van der Waals surface area contributed by atoms with Crippen LogP contribution in [0.2, 0.25) is 0 Å². The van der Waals surface area contributed by atoms with Crippen LogP contribution in [0.3, 0.4) is 0 Å². The smallest absolute Gasteiger partial charge is 0.242 e. The lowest BCUT2D eigenvalue weighted by molar-refractivity contribution is -0.121. The highest BCUT2D eigenvalue weighted by atomic mass is 32.2. The quantitative estimate of drug-likeness (QED) is 0.559. The second-order valence-corrected chi connectivity index (χ2v) is 8.06. The molecule has 1 aliphatic rings. The molecule has 0 aromatic carbocycles. The van der Waals surface area contributed by atoms with Crippen LogP contribution in [0.4, 0.5) is 0 Å². The summed E-state index contributed by atoms with van der Waals surface area (Å²) in [5, 5.41) is 6.21. The van der Waals surface area contributed by atoms with E-state index in [9.17, 15) is 13.2 Å². The Balaban J connectivity index is 1.77. The van der Waals surface area contributed by atoms with Gasteiger partial charge in [-0.3, -0.25) is 9.78 Å². The number of pyridine rings is 1. The van der Waals surface area contributed by atoms with Gasteiger partial charge < -0.3 is 15.4 Å².